The number of ether oxygens (including phenoxy) is 1. The number of nitrogens with zero attached hydrogens (tertiary/aromatic N) is 3. The Morgan fingerprint density at radius 2 is 1.70 bits per heavy atom. The lowest BCUT2D eigenvalue weighted by atomic mass is 10.1. The number of nitrogens with one attached hydrogen (secondary N) is 1. The van der Waals surface area contributed by atoms with Gasteiger partial charge in [-0.1, -0.05) is 27.7 Å². The van der Waals surface area contributed by atoms with Crippen molar-refractivity contribution in [1.29, 1.82) is 0 Å². The summed E-state index contributed by atoms with van der Waals surface area (Å²) in [6, 6.07) is 13.7. The molecule has 1 N–H and O–H groups in total. The van der Waals surface area contributed by atoms with E-state index < -0.39 is 0 Å². The van der Waals surface area contributed by atoms with Crippen molar-refractivity contribution < 1.29 is 13.9 Å². The van der Waals surface area contributed by atoms with Crippen molar-refractivity contribution in [2.45, 2.75) is 34.1 Å². The number of carbonyl (C=O) groups excluding carboxylic acids is 1. The highest BCUT2D eigenvalue weighted by atomic mass is 19.1. The Bertz CT molecular complexity index is 979. The molecule has 0 aliphatic rings. The predicted octanol–water partition coefficient (Wildman–Crippen LogP) is 5.09. The molecule has 0 radical (unpaired) electrons. The van der Waals surface area contributed by atoms with E-state index in [1.54, 1.807) is 16.8 Å². The van der Waals surface area contributed by atoms with E-state index in [-0.39, 0.29) is 17.7 Å². The van der Waals surface area contributed by atoms with Gasteiger partial charge in [0.05, 0.1) is 12.3 Å². The molecule has 158 valence electrons. The van der Waals surface area contributed by atoms with Gasteiger partial charge in [0.15, 0.2) is 5.82 Å². The van der Waals surface area contributed by atoms with E-state index in [2.05, 4.69) is 15.4 Å². The molecule has 0 fully saturated rings. The van der Waals surface area contributed by atoms with E-state index in [1.165, 1.54) is 12.1 Å². The number of amides is 1. The van der Waals surface area contributed by atoms with E-state index in [9.17, 15) is 9.18 Å². The largest absolute Gasteiger partial charge is 0.462 e. The Morgan fingerprint density at radius 1 is 1.03 bits per heavy atom. The smallest absolute Gasteiger partial charge is 0.336 e. The molecule has 3 aromatic rings. The summed E-state index contributed by atoms with van der Waals surface area (Å²) < 4.78 is 20.7. The number of hydrogen-bond donors (Lipinski definition) is 1. The fourth-order valence-electron chi connectivity index (χ4n) is 2.83. The molecule has 0 saturated heterocycles. The quantitative estimate of drug-likeness (QED) is 0.561. The Balaban J connectivity index is 1.89. The molecule has 0 bridgehead atoms. The second kappa shape index (κ2) is 9.52. The molecule has 0 unspecified atom stereocenters. The Hall–Kier alpha value is -3.22. The first-order valence-electron chi connectivity index (χ1n) is 10.1. The lowest BCUT2D eigenvalue weighted by Crippen LogP contribution is -2.13. The highest BCUT2D eigenvalue weighted by Gasteiger charge is 2.15. The minimum absolute atomic E-state index is 0.0186. The first-order chi connectivity index (χ1) is 14.3. The zero-order valence-corrected chi connectivity index (χ0v) is 17.7. The zero-order valence-electron chi connectivity index (χ0n) is 17.7. The summed E-state index contributed by atoms with van der Waals surface area (Å²) in [7, 11) is 0. The molecule has 2 aromatic carbocycles. The van der Waals surface area contributed by atoms with E-state index in [1.807, 2.05) is 52.0 Å². The predicted molar refractivity (Wildman–Crippen MR) is 115 cm³/mol. The fraction of sp³-hybridized carbons (Fsp3) is 0.348. The fourth-order valence-corrected chi connectivity index (χ4v) is 2.83. The van der Waals surface area contributed by atoms with Gasteiger partial charge >= 0.3 is 6.01 Å². The zero-order chi connectivity index (χ0) is 21.7. The van der Waals surface area contributed by atoms with Crippen LogP contribution >= 0.6 is 0 Å². The lowest BCUT2D eigenvalue weighted by Gasteiger charge is -2.09. The topological polar surface area (TPSA) is 69.0 Å². The molecule has 1 amide bonds. The summed E-state index contributed by atoms with van der Waals surface area (Å²) in [4.78, 5) is 16.5. The minimum Gasteiger partial charge on any atom is -0.462 e. The van der Waals surface area contributed by atoms with Crippen molar-refractivity contribution in [3.63, 3.8) is 0 Å². The van der Waals surface area contributed by atoms with E-state index in [0.717, 1.165) is 11.3 Å². The maximum Gasteiger partial charge on any atom is 0.336 e. The molecule has 0 aliphatic heterocycles. The first-order valence-corrected chi connectivity index (χ1v) is 10.1. The molecular formula is C23H27FN4O2. The maximum atomic E-state index is 13.4. The van der Waals surface area contributed by atoms with Crippen LogP contribution in [0, 0.1) is 17.7 Å². The second-order valence-electron chi connectivity index (χ2n) is 8.03. The maximum absolute atomic E-state index is 13.4. The van der Waals surface area contributed by atoms with Crippen LogP contribution < -0.4 is 10.1 Å². The third kappa shape index (κ3) is 5.65. The van der Waals surface area contributed by atoms with Gasteiger partial charge in [0.25, 0.3) is 0 Å². The standard InChI is InChI=1S/C23H27FN4O2/c1-15(2)13-21(29)25-19-9-11-20(12-10-19)28-22(17-5-7-18(24)8-6-17)26-23(27-28)30-14-16(3)4/h5-12,15-16H,13-14H2,1-4H3,(H,25,29). The van der Waals surface area contributed by atoms with Crippen LogP contribution in [0.1, 0.15) is 34.1 Å². The summed E-state index contributed by atoms with van der Waals surface area (Å²) in [6.45, 7) is 8.59. The van der Waals surface area contributed by atoms with Gasteiger partial charge in [-0.3, -0.25) is 4.79 Å². The second-order valence-corrected chi connectivity index (χ2v) is 8.03. The van der Waals surface area contributed by atoms with Crippen LogP contribution in [0.15, 0.2) is 48.5 Å². The van der Waals surface area contributed by atoms with Gasteiger partial charge in [-0.15, -0.1) is 5.10 Å². The monoisotopic (exact) mass is 410 g/mol. The van der Waals surface area contributed by atoms with Crippen LogP contribution in [0.3, 0.4) is 0 Å². The van der Waals surface area contributed by atoms with E-state index >= 15 is 0 Å². The van der Waals surface area contributed by atoms with Crippen LogP contribution in [0.25, 0.3) is 17.1 Å². The lowest BCUT2D eigenvalue weighted by molar-refractivity contribution is -0.116. The summed E-state index contributed by atoms with van der Waals surface area (Å²) >= 11 is 0. The molecule has 6 nitrogen and oxygen atoms in total. The van der Waals surface area contributed by atoms with E-state index in [4.69, 9.17) is 4.74 Å². The molecule has 30 heavy (non-hydrogen) atoms. The van der Waals surface area contributed by atoms with Crippen molar-refractivity contribution in [2.75, 3.05) is 11.9 Å². The third-order valence-electron chi connectivity index (χ3n) is 4.23. The molecule has 0 aliphatic carbocycles. The summed E-state index contributed by atoms with van der Waals surface area (Å²) in [5.74, 6) is 0.838. The van der Waals surface area contributed by atoms with Crippen LogP contribution in [0.2, 0.25) is 0 Å². The molecular weight excluding hydrogens is 383 g/mol. The number of hydrogen-bond acceptors (Lipinski definition) is 4. The summed E-state index contributed by atoms with van der Waals surface area (Å²) in [5.41, 5.74) is 2.19. The molecule has 0 atom stereocenters. The highest BCUT2D eigenvalue weighted by molar-refractivity contribution is 5.90. The van der Waals surface area contributed by atoms with Gasteiger partial charge in [0, 0.05) is 17.7 Å². The third-order valence-corrected chi connectivity index (χ3v) is 4.23. The Labute approximate surface area is 176 Å². The van der Waals surface area contributed by atoms with Crippen LogP contribution in [0.4, 0.5) is 10.1 Å². The molecule has 1 aromatic heterocycles. The van der Waals surface area contributed by atoms with Gasteiger partial charge in [-0.05, 0) is 60.4 Å². The van der Waals surface area contributed by atoms with Crippen LogP contribution in [-0.2, 0) is 4.79 Å². The number of halogens is 1. The van der Waals surface area contributed by atoms with Gasteiger partial charge in [0.2, 0.25) is 5.91 Å². The van der Waals surface area contributed by atoms with Gasteiger partial charge in [0.1, 0.15) is 5.82 Å². The van der Waals surface area contributed by atoms with Crippen molar-refractivity contribution in [3.05, 3.63) is 54.3 Å². The minimum atomic E-state index is -0.317. The molecule has 7 heteroatoms. The number of anilines is 1. The van der Waals surface area contributed by atoms with Crippen molar-refractivity contribution >= 4 is 11.6 Å². The van der Waals surface area contributed by atoms with Crippen molar-refractivity contribution in [2.24, 2.45) is 11.8 Å². The normalized spacial score (nSPS) is 11.2. The number of rotatable bonds is 8. The molecule has 0 spiro atoms. The number of aromatic nitrogens is 3. The summed E-state index contributed by atoms with van der Waals surface area (Å²) in [6.07, 6.45) is 0.468. The average Bonchev–Trinajstić information content (AvgIpc) is 3.11. The van der Waals surface area contributed by atoms with Gasteiger partial charge < -0.3 is 10.1 Å². The SMILES string of the molecule is CC(C)COc1nc(-c2ccc(F)cc2)n(-c2ccc(NC(=O)CC(C)C)cc2)n1. The summed E-state index contributed by atoms with van der Waals surface area (Å²) in [5, 5.41) is 7.38. The molecule has 3 rings (SSSR count). The number of carbonyl (C=O) groups is 1. The molecule has 0 saturated carbocycles. The van der Waals surface area contributed by atoms with E-state index in [0.29, 0.717) is 36.4 Å². The number of benzene rings is 2. The molecule has 1 heterocycles. The van der Waals surface area contributed by atoms with Crippen molar-refractivity contribution in [1.82, 2.24) is 14.8 Å². The van der Waals surface area contributed by atoms with Crippen LogP contribution in [-0.4, -0.2) is 27.3 Å². The Kier molecular flexibility index (Phi) is 6.82. The van der Waals surface area contributed by atoms with Crippen LogP contribution in [0.5, 0.6) is 6.01 Å². The van der Waals surface area contributed by atoms with Crippen molar-refractivity contribution in [3.8, 4) is 23.1 Å². The first kappa shape index (κ1) is 21.5. The van der Waals surface area contributed by atoms with Gasteiger partial charge in [-0.25, -0.2) is 9.07 Å². The highest BCUT2D eigenvalue weighted by Crippen LogP contribution is 2.25. The Morgan fingerprint density at radius 3 is 2.30 bits per heavy atom. The average molecular weight is 410 g/mol. The van der Waals surface area contributed by atoms with Gasteiger partial charge in [-0.2, -0.15) is 4.98 Å².